The second-order valence-corrected chi connectivity index (χ2v) is 2.59. The number of carbonyl (C=O) groups excluding carboxylic acids is 1. The van der Waals surface area contributed by atoms with Crippen molar-refractivity contribution in [3.05, 3.63) is 0 Å². The molecule has 0 amide bonds. The van der Waals surface area contributed by atoms with Crippen LogP contribution in [-0.2, 0) is 9.53 Å². The van der Waals surface area contributed by atoms with E-state index in [4.69, 9.17) is 9.84 Å². The molecule has 50 valence electrons. The second-order valence-electron chi connectivity index (χ2n) is 2.59. The molecule has 1 saturated carbocycles. The SMILES string of the molecule is O=C1CCC(O)C2OC12. The maximum Gasteiger partial charge on any atom is 0.164 e. The lowest BCUT2D eigenvalue weighted by Crippen LogP contribution is -2.27. The van der Waals surface area contributed by atoms with E-state index in [1.54, 1.807) is 0 Å². The highest BCUT2D eigenvalue weighted by molar-refractivity contribution is 5.87. The van der Waals surface area contributed by atoms with Crippen LogP contribution in [0.4, 0.5) is 0 Å². The summed E-state index contributed by atoms with van der Waals surface area (Å²) in [7, 11) is 0. The first-order chi connectivity index (χ1) is 4.29. The molecule has 0 radical (unpaired) electrons. The van der Waals surface area contributed by atoms with Crippen LogP contribution < -0.4 is 0 Å². The fraction of sp³-hybridized carbons (Fsp3) is 0.833. The van der Waals surface area contributed by atoms with Crippen molar-refractivity contribution in [1.82, 2.24) is 0 Å². The summed E-state index contributed by atoms with van der Waals surface area (Å²) in [6.07, 6.45) is 0.301. The summed E-state index contributed by atoms with van der Waals surface area (Å²) in [5, 5.41) is 9.06. The molecule has 2 rings (SSSR count). The van der Waals surface area contributed by atoms with Crippen molar-refractivity contribution < 1.29 is 14.6 Å². The minimum absolute atomic E-state index is 0.147. The molecular formula is C6H8O3. The van der Waals surface area contributed by atoms with E-state index in [2.05, 4.69) is 0 Å². The quantitative estimate of drug-likeness (QED) is 0.446. The first-order valence-electron chi connectivity index (χ1n) is 3.15. The smallest absolute Gasteiger partial charge is 0.164 e. The topological polar surface area (TPSA) is 49.8 Å². The molecule has 2 aliphatic rings. The van der Waals surface area contributed by atoms with Gasteiger partial charge in [0.05, 0.1) is 6.10 Å². The van der Waals surface area contributed by atoms with Crippen LogP contribution >= 0.6 is 0 Å². The monoisotopic (exact) mass is 128 g/mol. The number of Topliss-reactive ketones (excluding diaryl/α,β-unsaturated/α-hetero) is 1. The van der Waals surface area contributed by atoms with Gasteiger partial charge in [0.15, 0.2) is 5.78 Å². The highest BCUT2D eigenvalue weighted by Crippen LogP contribution is 2.33. The van der Waals surface area contributed by atoms with Gasteiger partial charge in [-0.05, 0) is 6.42 Å². The van der Waals surface area contributed by atoms with Crippen LogP contribution in [-0.4, -0.2) is 29.2 Å². The fourth-order valence-corrected chi connectivity index (χ4v) is 1.27. The van der Waals surface area contributed by atoms with Crippen molar-refractivity contribution in [2.45, 2.75) is 31.2 Å². The Bertz CT molecular complexity index is 154. The van der Waals surface area contributed by atoms with E-state index in [1.165, 1.54) is 0 Å². The lowest BCUT2D eigenvalue weighted by atomic mass is 9.97. The molecule has 1 heterocycles. The summed E-state index contributed by atoms with van der Waals surface area (Å²) in [6.45, 7) is 0. The molecule has 1 saturated heterocycles. The highest BCUT2D eigenvalue weighted by atomic mass is 16.6. The molecule has 9 heavy (non-hydrogen) atoms. The summed E-state index contributed by atoms with van der Waals surface area (Å²) >= 11 is 0. The molecule has 0 spiro atoms. The Morgan fingerprint density at radius 2 is 2.44 bits per heavy atom. The largest absolute Gasteiger partial charge is 0.390 e. The summed E-state index contributed by atoms with van der Waals surface area (Å²) in [6, 6.07) is 0. The third-order valence-corrected chi connectivity index (χ3v) is 1.91. The van der Waals surface area contributed by atoms with Crippen LogP contribution in [0.15, 0.2) is 0 Å². The molecular weight excluding hydrogens is 120 g/mol. The average Bonchev–Trinajstić information content (AvgIpc) is 2.57. The number of ether oxygens (including phenoxy) is 1. The molecule has 3 nitrogen and oxygen atoms in total. The van der Waals surface area contributed by atoms with Crippen molar-refractivity contribution in [1.29, 1.82) is 0 Å². The van der Waals surface area contributed by atoms with Crippen LogP contribution in [0, 0.1) is 0 Å². The molecule has 0 aromatic heterocycles. The van der Waals surface area contributed by atoms with Crippen molar-refractivity contribution in [2.75, 3.05) is 0 Å². The zero-order chi connectivity index (χ0) is 6.43. The number of fused-ring (bicyclic) bond motifs is 1. The van der Waals surface area contributed by atoms with Gasteiger partial charge in [0, 0.05) is 6.42 Å². The number of aliphatic hydroxyl groups is 1. The fourth-order valence-electron chi connectivity index (χ4n) is 1.27. The van der Waals surface area contributed by atoms with E-state index in [0.717, 1.165) is 0 Å². The summed E-state index contributed by atoms with van der Waals surface area (Å²) < 4.78 is 4.90. The molecule has 3 atom stereocenters. The normalized spacial score (nSPS) is 48.6. The maximum atomic E-state index is 10.7. The van der Waals surface area contributed by atoms with Crippen LogP contribution in [0.5, 0.6) is 0 Å². The van der Waals surface area contributed by atoms with Crippen molar-refractivity contribution in [2.24, 2.45) is 0 Å². The van der Waals surface area contributed by atoms with Gasteiger partial charge < -0.3 is 9.84 Å². The Kier molecular flexibility index (Phi) is 0.926. The predicted octanol–water partition coefficient (Wildman–Crippen LogP) is -0.522. The molecule has 1 aliphatic heterocycles. The standard InChI is InChI=1S/C6H8O3/c7-3-1-2-4(8)6-5(3)9-6/h3,5-7H,1-2H2. The molecule has 1 aliphatic carbocycles. The highest BCUT2D eigenvalue weighted by Gasteiger charge is 2.52. The number of rotatable bonds is 0. The van der Waals surface area contributed by atoms with E-state index in [9.17, 15) is 4.79 Å². The number of aliphatic hydroxyl groups excluding tert-OH is 1. The minimum Gasteiger partial charge on any atom is -0.390 e. The van der Waals surface area contributed by atoms with Gasteiger partial charge in [-0.3, -0.25) is 4.79 Å². The van der Waals surface area contributed by atoms with E-state index in [0.29, 0.717) is 12.8 Å². The Labute approximate surface area is 52.6 Å². The van der Waals surface area contributed by atoms with Gasteiger partial charge in [0.1, 0.15) is 12.2 Å². The Morgan fingerprint density at radius 1 is 1.67 bits per heavy atom. The van der Waals surface area contributed by atoms with Gasteiger partial charge in [0.25, 0.3) is 0 Å². The zero-order valence-electron chi connectivity index (χ0n) is 4.91. The van der Waals surface area contributed by atoms with Gasteiger partial charge >= 0.3 is 0 Å². The van der Waals surface area contributed by atoms with E-state index >= 15 is 0 Å². The van der Waals surface area contributed by atoms with Gasteiger partial charge in [-0.2, -0.15) is 0 Å². The third-order valence-electron chi connectivity index (χ3n) is 1.91. The van der Waals surface area contributed by atoms with E-state index < -0.39 is 0 Å². The van der Waals surface area contributed by atoms with E-state index in [-0.39, 0.29) is 24.1 Å². The Hall–Kier alpha value is -0.410. The van der Waals surface area contributed by atoms with Gasteiger partial charge in [-0.25, -0.2) is 0 Å². The first kappa shape index (κ1) is 5.38. The molecule has 0 bridgehead atoms. The van der Waals surface area contributed by atoms with Crippen LogP contribution in [0.3, 0.4) is 0 Å². The predicted molar refractivity (Wildman–Crippen MR) is 28.9 cm³/mol. The second kappa shape index (κ2) is 1.55. The lowest BCUT2D eigenvalue weighted by molar-refractivity contribution is -0.121. The number of ketones is 1. The van der Waals surface area contributed by atoms with Gasteiger partial charge in [-0.15, -0.1) is 0 Å². The number of hydrogen-bond acceptors (Lipinski definition) is 3. The van der Waals surface area contributed by atoms with E-state index in [1.807, 2.05) is 0 Å². The van der Waals surface area contributed by atoms with Gasteiger partial charge in [-0.1, -0.05) is 0 Å². The molecule has 3 heteroatoms. The third kappa shape index (κ3) is 0.686. The Balaban J connectivity index is 2.08. The number of carbonyl (C=O) groups is 1. The number of hydrogen-bond donors (Lipinski definition) is 1. The summed E-state index contributed by atoms with van der Waals surface area (Å²) in [4.78, 5) is 10.7. The van der Waals surface area contributed by atoms with Crippen LogP contribution in [0.25, 0.3) is 0 Å². The summed E-state index contributed by atoms with van der Waals surface area (Å²) in [5.74, 6) is 0.158. The zero-order valence-corrected chi connectivity index (χ0v) is 4.91. The van der Waals surface area contributed by atoms with Crippen molar-refractivity contribution in [3.63, 3.8) is 0 Å². The van der Waals surface area contributed by atoms with Crippen LogP contribution in [0.1, 0.15) is 12.8 Å². The van der Waals surface area contributed by atoms with Crippen molar-refractivity contribution in [3.8, 4) is 0 Å². The lowest BCUT2D eigenvalue weighted by Gasteiger charge is -2.09. The minimum atomic E-state index is -0.382. The average molecular weight is 128 g/mol. The Morgan fingerprint density at radius 3 is 3.11 bits per heavy atom. The first-order valence-corrected chi connectivity index (χ1v) is 3.15. The molecule has 2 fully saturated rings. The van der Waals surface area contributed by atoms with Crippen molar-refractivity contribution >= 4 is 5.78 Å². The molecule has 3 unspecified atom stereocenters. The number of epoxide rings is 1. The van der Waals surface area contributed by atoms with Gasteiger partial charge in [0.2, 0.25) is 0 Å². The molecule has 1 N–H and O–H groups in total. The molecule has 0 aromatic rings. The molecule has 0 aromatic carbocycles. The maximum absolute atomic E-state index is 10.7. The van der Waals surface area contributed by atoms with Crippen LogP contribution in [0.2, 0.25) is 0 Å². The summed E-state index contributed by atoms with van der Waals surface area (Å²) in [5.41, 5.74) is 0.